The van der Waals surface area contributed by atoms with Crippen LogP contribution in [-0.2, 0) is 14.8 Å². The quantitative estimate of drug-likeness (QED) is 0.518. The zero-order valence-corrected chi connectivity index (χ0v) is 18.2. The van der Waals surface area contributed by atoms with Crippen molar-refractivity contribution in [3.8, 4) is 0 Å². The summed E-state index contributed by atoms with van der Waals surface area (Å²) >= 11 is 5.38. The summed E-state index contributed by atoms with van der Waals surface area (Å²) in [4.78, 5) is 2.64. The predicted octanol–water partition coefficient (Wildman–Crippen LogP) is 1.56. The van der Waals surface area contributed by atoms with Gasteiger partial charge in [0.15, 0.2) is 5.11 Å². The van der Waals surface area contributed by atoms with Gasteiger partial charge in [0.1, 0.15) is 0 Å². The van der Waals surface area contributed by atoms with Gasteiger partial charge in [-0.25, -0.2) is 12.7 Å². The van der Waals surface area contributed by atoms with Gasteiger partial charge < -0.3 is 15.4 Å². The molecule has 0 spiro atoms. The molecule has 0 atom stereocenters. The van der Waals surface area contributed by atoms with Gasteiger partial charge in [-0.2, -0.15) is 0 Å². The van der Waals surface area contributed by atoms with Gasteiger partial charge in [0.2, 0.25) is 10.0 Å². The van der Waals surface area contributed by atoms with E-state index in [4.69, 9.17) is 17.0 Å². The molecule has 27 heavy (non-hydrogen) atoms. The summed E-state index contributed by atoms with van der Waals surface area (Å²) in [5.74, 6) is 0. The zero-order chi connectivity index (χ0) is 20.0. The first-order chi connectivity index (χ1) is 12.7. The van der Waals surface area contributed by atoms with Crippen LogP contribution in [0, 0.1) is 13.8 Å². The molecule has 7 nitrogen and oxygen atoms in total. The molecule has 0 aromatic heterocycles. The third kappa shape index (κ3) is 6.11. The van der Waals surface area contributed by atoms with Crippen LogP contribution in [0.25, 0.3) is 0 Å². The van der Waals surface area contributed by atoms with Crippen LogP contribution in [0.4, 0.5) is 5.69 Å². The van der Waals surface area contributed by atoms with Crippen molar-refractivity contribution >= 4 is 33.0 Å². The largest absolute Gasteiger partial charge is 0.379 e. The average molecular weight is 415 g/mol. The van der Waals surface area contributed by atoms with Crippen molar-refractivity contribution in [3.63, 3.8) is 0 Å². The van der Waals surface area contributed by atoms with Crippen LogP contribution in [0.3, 0.4) is 0 Å². The van der Waals surface area contributed by atoms with E-state index in [1.165, 1.54) is 18.4 Å². The normalized spacial score (nSPS) is 15.7. The van der Waals surface area contributed by atoms with E-state index in [-0.39, 0.29) is 4.90 Å². The molecular weight excluding hydrogens is 384 g/mol. The second-order valence-corrected chi connectivity index (χ2v) is 9.45. The Bertz CT molecular complexity index is 760. The van der Waals surface area contributed by atoms with Crippen LogP contribution in [0.5, 0.6) is 0 Å². The van der Waals surface area contributed by atoms with Crippen molar-refractivity contribution < 1.29 is 13.2 Å². The number of hydrogen-bond acceptors (Lipinski definition) is 5. The van der Waals surface area contributed by atoms with Crippen LogP contribution in [-0.4, -0.2) is 76.2 Å². The number of morpholine rings is 1. The molecule has 2 rings (SSSR count). The Hall–Kier alpha value is -1.26. The van der Waals surface area contributed by atoms with Crippen molar-refractivity contribution in [1.29, 1.82) is 0 Å². The number of nitrogens with zero attached hydrogens (tertiary/aromatic N) is 2. The lowest BCUT2D eigenvalue weighted by molar-refractivity contribution is 0.0376. The molecule has 0 amide bonds. The number of rotatable bonds is 7. The summed E-state index contributed by atoms with van der Waals surface area (Å²) in [5, 5.41) is 6.84. The molecule has 1 aliphatic heterocycles. The highest BCUT2D eigenvalue weighted by Gasteiger charge is 2.19. The minimum Gasteiger partial charge on any atom is -0.379 e. The maximum Gasteiger partial charge on any atom is 0.242 e. The monoisotopic (exact) mass is 414 g/mol. The minimum atomic E-state index is -3.49. The van der Waals surface area contributed by atoms with Crippen molar-refractivity contribution in [1.82, 2.24) is 14.5 Å². The number of thiocarbonyl (C=S) groups is 1. The highest BCUT2D eigenvalue weighted by Crippen LogP contribution is 2.25. The summed E-state index contributed by atoms with van der Waals surface area (Å²) in [6.07, 6.45) is 0.981. The van der Waals surface area contributed by atoms with Gasteiger partial charge in [-0.3, -0.25) is 4.90 Å². The lowest BCUT2D eigenvalue weighted by atomic mass is 10.1. The summed E-state index contributed by atoms with van der Waals surface area (Å²) in [6.45, 7) is 9.18. The molecule has 2 N–H and O–H groups in total. The molecule has 9 heteroatoms. The van der Waals surface area contributed by atoms with E-state index < -0.39 is 10.0 Å². The summed E-state index contributed by atoms with van der Waals surface area (Å²) in [5.41, 5.74) is 2.59. The lowest BCUT2D eigenvalue weighted by Gasteiger charge is -2.26. The fraction of sp³-hybridized carbons (Fsp3) is 0.611. The predicted molar refractivity (Wildman–Crippen MR) is 113 cm³/mol. The maximum absolute atomic E-state index is 12.4. The smallest absolute Gasteiger partial charge is 0.242 e. The number of nitrogens with one attached hydrogen (secondary N) is 2. The molecule has 0 bridgehead atoms. The zero-order valence-electron chi connectivity index (χ0n) is 16.5. The van der Waals surface area contributed by atoms with Gasteiger partial charge in [0.25, 0.3) is 0 Å². The molecule has 1 aromatic rings. The van der Waals surface area contributed by atoms with Crippen molar-refractivity contribution in [2.24, 2.45) is 0 Å². The average Bonchev–Trinajstić information content (AvgIpc) is 2.63. The Morgan fingerprint density at radius 2 is 1.93 bits per heavy atom. The molecule has 1 aliphatic rings. The number of sulfonamides is 1. The number of hydrogen-bond donors (Lipinski definition) is 2. The lowest BCUT2D eigenvalue weighted by Crippen LogP contribution is -2.38. The van der Waals surface area contributed by atoms with E-state index in [0.29, 0.717) is 10.8 Å². The van der Waals surface area contributed by atoms with Crippen molar-refractivity contribution in [3.05, 3.63) is 23.3 Å². The van der Waals surface area contributed by atoms with Crippen LogP contribution in [0.15, 0.2) is 17.0 Å². The molecule has 1 heterocycles. The van der Waals surface area contributed by atoms with Crippen LogP contribution in [0.2, 0.25) is 0 Å². The van der Waals surface area contributed by atoms with Crippen LogP contribution >= 0.6 is 12.2 Å². The Kier molecular flexibility index (Phi) is 7.99. The van der Waals surface area contributed by atoms with Gasteiger partial charge in [0.05, 0.1) is 18.1 Å². The number of benzene rings is 1. The highest BCUT2D eigenvalue weighted by molar-refractivity contribution is 7.89. The van der Waals surface area contributed by atoms with Crippen molar-refractivity contribution in [2.45, 2.75) is 25.2 Å². The fourth-order valence-electron chi connectivity index (χ4n) is 2.81. The van der Waals surface area contributed by atoms with E-state index in [0.717, 1.165) is 56.9 Å². The maximum atomic E-state index is 12.4. The summed E-state index contributed by atoms with van der Waals surface area (Å²) in [7, 11) is -0.442. The topological polar surface area (TPSA) is 73.9 Å². The van der Waals surface area contributed by atoms with Crippen LogP contribution in [0.1, 0.15) is 17.5 Å². The second-order valence-electron chi connectivity index (χ2n) is 6.89. The number of ether oxygens (including phenoxy) is 1. The summed E-state index contributed by atoms with van der Waals surface area (Å²) in [6, 6.07) is 3.33. The third-order valence-corrected chi connectivity index (χ3v) is 6.75. The van der Waals surface area contributed by atoms with Crippen molar-refractivity contribution in [2.75, 3.05) is 58.8 Å². The Labute approximate surface area is 168 Å². The SMILES string of the molecule is Cc1cc(S(=O)(=O)N(C)C)cc(NC(=S)NCCCN2CCOCC2)c1C. The van der Waals surface area contributed by atoms with E-state index in [9.17, 15) is 8.42 Å². The second kappa shape index (κ2) is 9.79. The first-order valence-corrected chi connectivity index (χ1v) is 11.0. The summed E-state index contributed by atoms with van der Waals surface area (Å²) < 4.78 is 31.4. The molecule has 0 unspecified atom stereocenters. The minimum absolute atomic E-state index is 0.258. The molecule has 0 saturated carbocycles. The van der Waals surface area contributed by atoms with Gasteiger partial charge in [-0.15, -0.1) is 0 Å². The number of anilines is 1. The molecule has 0 radical (unpaired) electrons. The molecule has 1 fully saturated rings. The number of aryl methyl sites for hydroxylation is 1. The van der Waals surface area contributed by atoms with E-state index in [1.807, 2.05) is 13.8 Å². The highest BCUT2D eigenvalue weighted by atomic mass is 32.2. The molecule has 1 aromatic carbocycles. The molecule has 1 saturated heterocycles. The van der Waals surface area contributed by atoms with E-state index in [2.05, 4.69) is 15.5 Å². The Morgan fingerprint density at radius 1 is 1.26 bits per heavy atom. The Balaban J connectivity index is 1.93. The molecular formula is C18H30N4O3S2. The van der Waals surface area contributed by atoms with E-state index in [1.54, 1.807) is 12.1 Å². The van der Waals surface area contributed by atoms with Crippen LogP contribution < -0.4 is 10.6 Å². The standard InChI is InChI=1S/C18H30N4O3S2/c1-14-12-16(27(23,24)21(3)4)13-17(15(14)2)20-18(26)19-6-5-7-22-8-10-25-11-9-22/h12-13H,5-11H2,1-4H3,(H2,19,20,26). The van der Waals surface area contributed by atoms with Gasteiger partial charge >= 0.3 is 0 Å². The third-order valence-electron chi connectivity index (χ3n) is 4.71. The van der Waals surface area contributed by atoms with E-state index >= 15 is 0 Å². The Morgan fingerprint density at radius 3 is 2.56 bits per heavy atom. The molecule has 152 valence electrons. The van der Waals surface area contributed by atoms with Gasteiger partial charge in [0, 0.05) is 39.4 Å². The molecule has 0 aliphatic carbocycles. The first-order valence-electron chi connectivity index (χ1n) is 9.10. The first kappa shape index (κ1) is 22.0. The fourth-order valence-corrected chi connectivity index (χ4v) is 4.04. The van der Waals surface area contributed by atoms with Gasteiger partial charge in [-0.1, -0.05) is 0 Å². The van der Waals surface area contributed by atoms with Gasteiger partial charge in [-0.05, 0) is 62.3 Å².